The predicted octanol–water partition coefficient (Wildman–Crippen LogP) is 5.26. The molecule has 28 heavy (non-hydrogen) atoms. The van der Waals surface area contributed by atoms with E-state index < -0.39 is 0 Å². The van der Waals surface area contributed by atoms with Crippen LogP contribution in [-0.2, 0) is 0 Å². The normalized spacial score (nSPS) is 15.2. The lowest BCUT2D eigenvalue weighted by Gasteiger charge is -2.38. The second-order valence-electron chi connectivity index (χ2n) is 7.95. The van der Waals surface area contributed by atoms with E-state index in [2.05, 4.69) is 103 Å². The van der Waals surface area contributed by atoms with Gasteiger partial charge >= 0.3 is 0 Å². The second kappa shape index (κ2) is 8.62. The smallest absolute Gasteiger partial charge is 0.0399 e. The molecule has 0 aliphatic carbocycles. The monoisotopic (exact) mass is 370 g/mol. The highest BCUT2D eigenvalue weighted by molar-refractivity contribution is 5.55. The molecule has 0 bridgehead atoms. The summed E-state index contributed by atoms with van der Waals surface area (Å²) in [5, 5.41) is 0. The molecule has 0 spiro atoms. The Kier molecular flexibility index (Phi) is 5.78. The fourth-order valence-corrected chi connectivity index (χ4v) is 4.26. The zero-order valence-electron chi connectivity index (χ0n) is 17.0. The molecule has 0 atom stereocenters. The minimum Gasteiger partial charge on any atom is -0.369 e. The first-order chi connectivity index (χ1) is 13.7. The van der Waals surface area contributed by atoms with Gasteiger partial charge in [-0.2, -0.15) is 0 Å². The van der Waals surface area contributed by atoms with Crippen LogP contribution in [0.4, 0.5) is 5.69 Å². The van der Waals surface area contributed by atoms with Gasteiger partial charge in [0.1, 0.15) is 0 Å². The van der Waals surface area contributed by atoms with Crippen LogP contribution in [0.2, 0.25) is 0 Å². The van der Waals surface area contributed by atoms with E-state index in [-0.39, 0.29) is 0 Å². The Bertz CT molecular complexity index is 841. The van der Waals surface area contributed by atoms with Crippen molar-refractivity contribution in [3.8, 4) is 0 Å². The molecule has 1 aliphatic heterocycles. The maximum Gasteiger partial charge on any atom is 0.0399 e. The van der Waals surface area contributed by atoms with Crippen molar-refractivity contribution in [2.75, 3.05) is 37.6 Å². The van der Waals surface area contributed by atoms with Gasteiger partial charge in [-0.3, -0.25) is 4.90 Å². The van der Waals surface area contributed by atoms with Gasteiger partial charge in [-0.25, -0.2) is 0 Å². The number of aryl methyl sites for hydroxylation is 2. The molecule has 144 valence electrons. The Morgan fingerprint density at radius 3 is 1.86 bits per heavy atom. The van der Waals surface area contributed by atoms with Crippen molar-refractivity contribution in [3.05, 3.63) is 101 Å². The van der Waals surface area contributed by atoms with Gasteiger partial charge in [0, 0.05) is 44.3 Å². The Balaban J connectivity index is 1.47. The Morgan fingerprint density at radius 2 is 1.29 bits per heavy atom. The van der Waals surface area contributed by atoms with Crippen LogP contribution in [0.15, 0.2) is 78.9 Å². The average Bonchev–Trinajstić information content (AvgIpc) is 2.75. The number of hydrogen-bond donors (Lipinski definition) is 0. The summed E-state index contributed by atoms with van der Waals surface area (Å²) in [6, 6.07) is 28.7. The predicted molar refractivity (Wildman–Crippen MR) is 119 cm³/mol. The standard InChI is InChI=1S/C26H30N2/c1-21-13-14-22(2)26(19-21)28-17-15-27(16-18-28)20-25(23-9-5-3-6-10-23)24-11-7-4-8-12-24/h3-14,19,25H,15-18,20H2,1-2H3. The number of benzene rings is 3. The van der Waals surface area contributed by atoms with Crippen LogP contribution in [0.1, 0.15) is 28.2 Å². The summed E-state index contributed by atoms with van der Waals surface area (Å²) in [5.74, 6) is 0.426. The number of piperazine rings is 1. The number of rotatable bonds is 5. The molecule has 1 saturated heterocycles. The van der Waals surface area contributed by atoms with E-state index in [1.54, 1.807) is 0 Å². The molecule has 1 fully saturated rings. The molecule has 0 unspecified atom stereocenters. The van der Waals surface area contributed by atoms with Gasteiger partial charge in [0.15, 0.2) is 0 Å². The van der Waals surface area contributed by atoms with Crippen LogP contribution in [0.25, 0.3) is 0 Å². The van der Waals surface area contributed by atoms with Gasteiger partial charge in [0.05, 0.1) is 0 Å². The van der Waals surface area contributed by atoms with Gasteiger partial charge < -0.3 is 4.90 Å². The zero-order chi connectivity index (χ0) is 19.3. The van der Waals surface area contributed by atoms with Crippen molar-refractivity contribution < 1.29 is 0 Å². The number of hydrogen-bond acceptors (Lipinski definition) is 2. The van der Waals surface area contributed by atoms with Crippen LogP contribution in [0.3, 0.4) is 0 Å². The van der Waals surface area contributed by atoms with Crippen LogP contribution < -0.4 is 4.90 Å². The number of nitrogens with zero attached hydrogens (tertiary/aromatic N) is 2. The molecule has 0 amide bonds. The lowest BCUT2D eigenvalue weighted by molar-refractivity contribution is 0.250. The van der Waals surface area contributed by atoms with E-state index in [9.17, 15) is 0 Å². The van der Waals surface area contributed by atoms with Gasteiger partial charge in [-0.1, -0.05) is 72.8 Å². The SMILES string of the molecule is Cc1ccc(C)c(N2CCN(CC(c3ccccc3)c3ccccc3)CC2)c1. The van der Waals surface area contributed by atoms with E-state index >= 15 is 0 Å². The molecule has 1 aliphatic rings. The van der Waals surface area contributed by atoms with E-state index in [1.165, 1.54) is 27.9 Å². The molecule has 0 saturated carbocycles. The molecule has 0 N–H and O–H groups in total. The highest BCUT2D eigenvalue weighted by Crippen LogP contribution is 2.27. The Morgan fingerprint density at radius 1 is 0.714 bits per heavy atom. The fourth-order valence-electron chi connectivity index (χ4n) is 4.26. The molecule has 3 aromatic rings. The van der Waals surface area contributed by atoms with E-state index in [1.807, 2.05) is 0 Å². The Labute approximate surface area is 169 Å². The molecule has 0 aromatic heterocycles. The van der Waals surface area contributed by atoms with Gasteiger partial charge in [0.25, 0.3) is 0 Å². The van der Waals surface area contributed by atoms with Crippen molar-refractivity contribution in [3.63, 3.8) is 0 Å². The largest absolute Gasteiger partial charge is 0.369 e. The molecular weight excluding hydrogens is 340 g/mol. The highest BCUT2D eigenvalue weighted by atomic mass is 15.3. The van der Waals surface area contributed by atoms with Gasteiger partial charge in [-0.05, 0) is 42.2 Å². The quantitative estimate of drug-likeness (QED) is 0.605. The first-order valence-electron chi connectivity index (χ1n) is 10.3. The second-order valence-corrected chi connectivity index (χ2v) is 7.95. The van der Waals surface area contributed by atoms with E-state index in [0.29, 0.717) is 5.92 Å². The third-order valence-corrected chi connectivity index (χ3v) is 5.92. The fraction of sp³-hybridized carbons (Fsp3) is 0.308. The van der Waals surface area contributed by atoms with E-state index in [4.69, 9.17) is 0 Å². The highest BCUT2D eigenvalue weighted by Gasteiger charge is 2.23. The first-order valence-corrected chi connectivity index (χ1v) is 10.3. The molecule has 0 radical (unpaired) electrons. The van der Waals surface area contributed by atoms with Gasteiger partial charge in [-0.15, -0.1) is 0 Å². The third kappa shape index (κ3) is 4.28. The summed E-state index contributed by atoms with van der Waals surface area (Å²) in [6.45, 7) is 9.91. The van der Waals surface area contributed by atoms with Crippen molar-refractivity contribution >= 4 is 5.69 Å². The average molecular weight is 371 g/mol. The molecular formula is C26H30N2. The molecule has 1 heterocycles. The minimum atomic E-state index is 0.426. The molecule has 2 nitrogen and oxygen atoms in total. The minimum absolute atomic E-state index is 0.426. The van der Waals surface area contributed by atoms with Crippen molar-refractivity contribution in [2.45, 2.75) is 19.8 Å². The third-order valence-electron chi connectivity index (χ3n) is 5.92. The maximum absolute atomic E-state index is 2.63. The lowest BCUT2D eigenvalue weighted by atomic mass is 9.90. The van der Waals surface area contributed by atoms with Crippen molar-refractivity contribution in [1.82, 2.24) is 4.90 Å². The summed E-state index contributed by atoms with van der Waals surface area (Å²) >= 11 is 0. The van der Waals surface area contributed by atoms with Crippen LogP contribution in [0.5, 0.6) is 0 Å². The summed E-state index contributed by atoms with van der Waals surface area (Å²) in [6.07, 6.45) is 0. The zero-order valence-corrected chi connectivity index (χ0v) is 17.0. The molecule has 2 heteroatoms. The van der Waals surface area contributed by atoms with Crippen molar-refractivity contribution in [1.29, 1.82) is 0 Å². The van der Waals surface area contributed by atoms with Crippen LogP contribution in [0, 0.1) is 13.8 Å². The van der Waals surface area contributed by atoms with Crippen LogP contribution in [-0.4, -0.2) is 37.6 Å². The summed E-state index contributed by atoms with van der Waals surface area (Å²) < 4.78 is 0. The Hall–Kier alpha value is -2.58. The first kappa shape index (κ1) is 18.8. The number of anilines is 1. The van der Waals surface area contributed by atoms with Crippen molar-refractivity contribution in [2.24, 2.45) is 0 Å². The van der Waals surface area contributed by atoms with E-state index in [0.717, 1.165) is 32.7 Å². The maximum atomic E-state index is 2.63. The summed E-state index contributed by atoms with van der Waals surface area (Å²) in [7, 11) is 0. The molecule has 3 aromatic carbocycles. The summed E-state index contributed by atoms with van der Waals surface area (Å²) in [5.41, 5.74) is 6.94. The van der Waals surface area contributed by atoms with Crippen LogP contribution >= 0.6 is 0 Å². The van der Waals surface area contributed by atoms with Gasteiger partial charge in [0.2, 0.25) is 0 Å². The lowest BCUT2D eigenvalue weighted by Crippen LogP contribution is -2.47. The summed E-state index contributed by atoms with van der Waals surface area (Å²) in [4.78, 5) is 5.19. The molecule has 4 rings (SSSR count). The topological polar surface area (TPSA) is 6.48 Å².